The fourth-order valence-corrected chi connectivity index (χ4v) is 1.81. The number of hydrogen-bond acceptors (Lipinski definition) is 4. The summed E-state index contributed by atoms with van der Waals surface area (Å²) in [4.78, 5) is 15.5. The lowest BCUT2D eigenvalue weighted by Crippen LogP contribution is -2.30. The van der Waals surface area contributed by atoms with Gasteiger partial charge in [0.25, 0.3) is 0 Å². The molecule has 6 heteroatoms. The van der Waals surface area contributed by atoms with Gasteiger partial charge in [-0.3, -0.25) is 9.78 Å². The van der Waals surface area contributed by atoms with Crippen molar-refractivity contribution in [2.75, 3.05) is 6.61 Å². The Kier molecular flexibility index (Phi) is 4.84. The summed E-state index contributed by atoms with van der Waals surface area (Å²) in [5.41, 5.74) is 0.652. The Labute approximate surface area is 115 Å². The molecule has 20 heavy (non-hydrogen) atoms. The maximum Gasteiger partial charge on any atom is 0.220 e. The first kappa shape index (κ1) is 14.2. The maximum atomic E-state index is 12.9. The number of aryl methyl sites for hydroxylation is 1. The average Bonchev–Trinajstić information content (AvgIpc) is 2.96. The van der Waals surface area contributed by atoms with Crippen molar-refractivity contribution in [2.24, 2.45) is 0 Å². The minimum absolute atomic E-state index is 0.183. The van der Waals surface area contributed by atoms with Gasteiger partial charge < -0.3 is 14.8 Å². The van der Waals surface area contributed by atoms with E-state index in [1.807, 2.05) is 0 Å². The van der Waals surface area contributed by atoms with E-state index in [-0.39, 0.29) is 18.9 Å². The number of amides is 1. The van der Waals surface area contributed by atoms with Crippen molar-refractivity contribution in [3.8, 4) is 0 Å². The molecule has 2 heterocycles. The van der Waals surface area contributed by atoms with Crippen LogP contribution in [0.4, 0.5) is 4.39 Å². The number of pyridine rings is 1. The Balaban J connectivity index is 1.86. The van der Waals surface area contributed by atoms with Gasteiger partial charge in [-0.25, -0.2) is 4.39 Å². The van der Waals surface area contributed by atoms with Crippen LogP contribution >= 0.6 is 0 Å². The third-order valence-electron chi connectivity index (χ3n) is 2.81. The van der Waals surface area contributed by atoms with Crippen molar-refractivity contribution < 1.29 is 18.7 Å². The number of hydrogen-bond donors (Lipinski definition) is 2. The number of nitrogens with zero attached hydrogens (tertiary/aromatic N) is 1. The van der Waals surface area contributed by atoms with Crippen LogP contribution in [0.25, 0.3) is 0 Å². The molecule has 0 bridgehead atoms. The van der Waals surface area contributed by atoms with E-state index in [4.69, 9.17) is 4.42 Å². The Morgan fingerprint density at radius 3 is 3.00 bits per heavy atom. The summed E-state index contributed by atoms with van der Waals surface area (Å²) in [5, 5.41) is 11.9. The molecular weight excluding hydrogens is 263 g/mol. The zero-order chi connectivity index (χ0) is 14.4. The highest BCUT2D eigenvalue weighted by molar-refractivity contribution is 5.76. The number of carbonyl (C=O) groups excluding carboxylic acids is 1. The lowest BCUT2D eigenvalue weighted by molar-refractivity contribution is -0.122. The van der Waals surface area contributed by atoms with Crippen LogP contribution in [0.3, 0.4) is 0 Å². The summed E-state index contributed by atoms with van der Waals surface area (Å²) in [6.45, 7) is -0.249. The fourth-order valence-electron chi connectivity index (χ4n) is 1.81. The third kappa shape index (κ3) is 3.89. The number of aliphatic hydroxyl groups is 1. The average molecular weight is 278 g/mol. The lowest BCUT2D eigenvalue weighted by atomic mass is 10.1. The molecule has 1 unspecified atom stereocenters. The van der Waals surface area contributed by atoms with Gasteiger partial charge in [0.05, 0.1) is 19.1 Å². The van der Waals surface area contributed by atoms with E-state index in [0.29, 0.717) is 17.7 Å². The van der Waals surface area contributed by atoms with Gasteiger partial charge in [0.15, 0.2) is 0 Å². The molecule has 0 aliphatic carbocycles. The van der Waals surface area contributed by atoms with Gasteiger partial charge in [-0.05, 0) is 30.2 Å². The first-order valence-corrected chi connectivity index (χ1v) is 6.22. The van der Waals surface area contributed by atoms with Crippen LogP contribution in [0.5, 0.6) is 0 Å². The molecule has 0 radical (unpaired) electrons. The molecule has 2 N–H and O–H groups in total. The van der Waals surface area contributed by atoms with E-state index in [2.05, 4.69) is 10.3 Å². The van der Waals surface area contributed by atoms with Gasteiger partial charge in [-0.15, -0.1) is 0 Å². The van der Waals surface area contributed by atoms with E-state index in [1.54, 1.807) is 12.1 Å². The predicted molar refractivity (Wildman–Crippen MR) is 69.2 cm³/mol. The van der Waals surface area contributed by atoms with Crippen LogP contribution in [0.2, 0.25) is 0 Å². The van der Waals surface area contributed by atoms with Gasteiger partial charge in [-0.1, -0.05) is 0 Å². The Bertz CT molecular complexity index is 557. The third-order valence-corrected chi connectivity index (χ3v) is 2.81. The summed E-state index contributed by atoms with van der Waals surface area (Å²) in [6, 6.07) is 4.14. The summed E-state index contributed by atoms with van der Waals surface area (Å²) in [5.74, 6) is -0.176. The number of carbonyl (C=O) groups is 1. The SMILES string of the molecule is O=C(CCc1cncc(F)c1)NC(CO)c1ccco1. The highest BCUT2D eigenvalue weighted by Crippen LogP contribution is 2.13. The monoisotopic (exact) mass is 278 g/mol. The van der Waals surface area contributed by atoms with Crippen LogP contribution in [-0.2, 0) is 11.2 Å². The molecule has 2 aromatic rings. The van der Waals surface area contributed by atoms with E-state index in [1.165, 1.54) is 18.5 Å². The number of rotatable bonds is 6. The molecule has 0 spiro atoms. The molecule has 0 fully saturated rings. The van der Waals surface area contributed by atoms with Gasteiger partial charge >= 0.3 is 0 Å². The van der Waals surface area contributed by atoms with Crippen LogP contribution in [-0.4, -0.2) is 22.6 Å². The molecule has 1 atom stereocenters. The van der Waals surface area contributed by atoms with Crippen LogP contribution in [0, 0.1) is 5.82 Å². The lowest BCUT2D eigenvalue weighted by Gasteiger charge is -2.13. The molecule has 0 aliphatic rings. The molecule has 0 aromatic carbocycles. The van der Waals surface area contributed by atoms with Crippen molar-refractivity contribution in [2.45, 2.75) is 18.9 Å². The standard InChI is InChI=1S/C14H15FN2O3/c15-11-6-10(7-16-8-11)3-4-14(19)17-12(9-18)13-2-1-5-20-13/h1-2,5-8,12,18H,3-4,9H2,(H,17,19). The minimum atomic E-state index is -0.567. The van der Waals surface area contributed by atoms with E-state index in [0.717, 1.165) is 6.20 Å². The van der Waals surface area contributed by atoms with E-state index >= 15 is 0 Å². The van der Waals surface area contributed by atoms with Crippen molar-refractivity contribution in [1.82, 2.24) is 10.3 Å². The fraction of sp³-hybridized carbons (Fsp3) is 0.286. The summed E-state index contributed by atoms with van der Waals surface area (Å²) >= 11 is 0. The van der Waals surface area contributed by atoms with E-state index in [9.17, 15) is 14.3 Å². The smallest absolute Gasteiger partial charge is 0.220 e. The summed E-state index contributed by atoms with van der Waals surface area (Å²) < 4.78 is 18.1. The van der Waals surface area contributed by atoms with Crippen molar-refractivity contribution in [1.29, 1.82) is 0 Å². The summed E-state index contributed by atoms with van der Waals surface area (Å²) in [6.07, 6.45) is 4.67. The number of furan rings is 1. The molecule has 106 valence electrons. The van der Waals surface area contributed by atoms with Gasteiger partial charge in [0.1, 0.15) is 17.6 Å². The molecule has 2 aromatic heterocycles. The topological polar surface area (TPSA) is 75.4 Å². The predicted octanol–water partition coefficient (Wildman–Crippen LogP) is 1.60. The van der Waals surface area contributed by atoms with Gasteiger partial charge in [-0.2, -0.15) is 0 Å². The molecule has 1 amide bonds. The van der Waals surface area contributed by atoms with Gasteiger partial charge in [0.2, 0.25) is 5.91 Å². The normalized spacial score (nSPS) is 12.1. The highest BCUT2D eigenvalue weighted by atomic mass is 19.1. The Morgan fingerprint density at radius 1 is 1.50 bits per heavy atom. The van der Waals surface area contributed by atoms with Crippen molar-refractivity contribution in [3.63, 3.8) is 0 Å². The molecular formula is C14H15FN2O3. The number of nitrogens with one attached hydrogen (secondary N) is 1. The molecule has 0 saturated heterocycles. The molecule has 2 rings (SSSR count). The molecule has 0 aliphatic heterocycles. The Hall–Kier alpha value is -2.21. The second-order valence-corrected chi connectivity index (χ2v) is 4.33. The summed E-state index contributed by atoms with van der Waals surface area (Å²) in [7, 11) is 0. The van der Waals surface area contributed by atoms with Crippen LogP contribution in [0.1, 0.15) is 23.8 Å². The zero-order valence-electron chi connectivity index (χ0n) is 10.8. The number of aromatic nitrogens is 1. The second kappa shape index (κ2) is 6.81. The van der Waals surface area contributed by atoms with E-state index < -0.39 is 11.9 Å². The Morgan fingerprint density at radius 2 is 2.35 bits per heavy atom. The second-order valence-electron chi connectivity index (χ2n) is 4.33. The zero-order valence-corrected chi connectivity index (χ0v) is 10.8. The highest BCUT2D eigenvalue weighted by Gasteiger charge is 2.15. The first-order valence-electron chi connectivity index (χ1n) is 6.22. The number of aliphatic hydroxyl groups excluding tert-OH is 1. The van der Waals surface area contributed by atoms with Crippen molar-refractivity contribution in [3.05, 3.63) is 54.0 Å². The maximum absolute atomic E-state index is 12.9. The van der Waals surface area contributed by atoms with Gasteiger partial charge in [0, 0.05) is 12.6 Å². The van der Waals surface area contributed by atoms with Crippen LogP contribution in [0.15, 0.2) is 41.3 Å². The molecule has 0 saturated carbocycles. The largest absolute Gasteiger partial charge is 0.467 e. The quantitative estimate of drug-likeness (QED) is 0.841. The minimum Gasteiger partial charge on any atom is -0.467 e. The number of halogens is 1. The first-order chi connectivity index (χ1) is 9.69. The van der Waals surface area contributed by atoms with Crippen molar-refractivity contribution >= 4 is 5.91 Å². The molecule has 5 nitrogen and oxygen atoms in total. The van der Waals surface area contributed by atoms with Crippen LogP contribution < -0.4 is 5.32 Å².